The molecule has 20 heavy (non-hydrogen) atoms. The number of rotatable bonds is 2. The van der Waals surface area contributed by atoms with E-state index >= 15 is 0 Å². The predicted molar refractivity (Wildman–Crippen MR) is 76.0 cm³/mol. The van der Waals surface area contributed by atoms with Crippen LogP contribution in [0.15, 0.2) is 18.2 Å². The van der Waals surface area contributed by atoms with Crippen molar-refractivity contribution in [3.05, 3.63) is 34.7 Å². The van der Waals surface area contributed by atoms with Gasteiger partial charge in [0, 0.05) is 5.39 Å². The molecule has 0 aliphatic heterocycles. The van der Waals surface area contributed by atoms with Crippen LogP contribution in [0.4, 0.5) is 4.39 Å². The van der Waals surface area contributed by atoms with E-state index in [1.165, 1.54) is 32.4 Å². The fourth-order valence-corrected chi connectivity index (χ4v) is 1.74. The summed E-state index contributed by atoms with van der Waals surface area (Å²) in [6.07, 6.45) is 0. The van der Waals surface area contributed by atoms with Crippen LogP contribution in [0, 0.1) is 5.82 Å². The summed E-state index contributed by atoms with van der Waals surface area (Å²) in [4.78, 5) is 15.3. The van der Waals surface area contributed by atoms with Crippen LogP contribution in [-0.4, -0.2) is 25.2 Å². The number of nitrogens with zero attached hydrogens (tertiary/aromatic N) is 1. The molecule has 0 amide bonds. The average Bonchev–Trinajstić information content (AvgIpc) is 2.48. The van der Waals surface area contributed by atoms with E-state index in [1.54, 1.807) is 0 Å². The summed E-state index contributed by atoms with van der Waals surface area (Å²) in [5, 5.41) is 0.170. The molecule has 0 fully saturated rings. The van der Waals surface area contributed by atoms with Gasteiger partial charge in [0.2, 0.25) is 0 Å². The quantitative estimate of drug-likeness (QED) is 0.624. The lowest BCUT2D eigenvalue weighted by Crippen LogP contribution is -2.02. The van der Waals surface area contributed by atoms with E-state index in [0.29, 0.717) is 16.7 Å². The molecule has 0 aliphatic carbocycles. The maximum Gasteiger partial charge on any atom is 0.338 e. The summed E-state index contributed by atoms with van der Waals surface area (Å²) in [5.41, 5.74) is 0.641. The molecule has 1 heterocycles. The molecule has 4 nitrogen and oxygen atoms in total. The Hall–Kier alpha value is -1.88. The Labute approximate surface area is 121 Å². The van der Waals surface area contributed by atoms with Gasteiger partial charge in [-0.1, -0.05) is 25.4 Å². The lowest BCUT2D eigenvalue weighted by atomic mass is 10.1. The van der Waals surface area contributed by atoms with Gasteiger partial charge < -0.3 is 9.47 Å². The van der Waals surface area contributed by atoms with Crippen molar-refractivity contribution in [2.75, 3.05) is 14.2 Å². The second-order valence-electron chi connectivity index (χ2n) is 3.50. The molecular formula is C14H15ClFNO3. The van der Waals surface area contributed by atoms with Gasteiger partial charge in [0.25, 0.3) is 0 Å². The summed E-state index contributed by atoms with van der Waals surface area (Å²) in [6, 6.07) is 4.13. The minimum atomic E-state index is -0.659. The monoisotopic (exact) mass is 299 g/mol. The van der Waals surface area contributed by atoms with Crippen molar-refractivity contribution in [1.82, 2.24) is 4.98 Å². The third kappa shape index (κ3) is 3.17. The van der Waals surface area contributed by atoms with Crippen LogP contribution in [0.1, 0.15) is 24.2 Å². The molecule has 0 saturated heterocycles. The number of carbonyl (C=O) groups is 1. The smallest absolute Gasteiger partial charge is 0.338 e. The molecule has 0 bridgehead atoms. The van der Waals surface area contributed by atoms with Crippen molar-refractivity contribution in [2.24, 2.45) is 0 Å². The summed E-state index contributed by atoms with van der Waals surface area (Å²) < 4.78 is 23.1. The van der Waals surface area contributed by atoms with E-state index < -0.39 is 11.8 Å². The van der Waals surface area contributed by atoms with Gasteiger partial charge in [-0.05, 0) is 18.2 Å². The van der Waals surface area contributed by atoms with E-state index in [4.69, 9.17) is 16.3 Å². The lowest BCUT2D eigenvalue weighted by Gasteiger charge is -2.08. The summed E-state index contributed by atoms with van der Waals surface area (Å²) in [5.74, 6) is -0.867. The Kier molecular flexibility index (Phi) is 5.70. The van der Waals surface area contributed by atoms with Crippen LogP contribution in [0.2, 0.25) is 5.15 Å². The first kappa shape index (κ1) is 16.2. The van der Waals surface area contributed by atoms with Gasteiger partial charge in [-0.25, -0.2) is 14.2 Å². The van der Waals surface area contributed by atoms with E-state index in [9.17, 15) is 9.18 Å². The third-order valence-electron chi connectivity index (χ3n) is 2.43. The number of methoxy groups -OCH3 is 2. The minimum absolute atomic E-state index is 0.244. The topological polar surface area (TPSA) is 48.4 Å². The fourth-order valence-electron chi connectivity index (χ4n) is 1.60. The first-order valence-corrected chi connectivity index (χ1v) is 6.36. The second kappa shape index (κ2) is 7.05. The Morgan fingerprint density at radius 1 is 1.25 bits per heavy atom. The lowest BCUT2D eigenvalue weighted by molar-refractivity contribution is 0.0600. The summed E-state index contributed by atoms with van der Waals surface area (Å²) in [6.45, 7) is 4.00. The number of pyridine rings is 1. The third-order valence-corrected chi connectivity index (χ3v) is 2.70. The molecule has 1 aromatic carbocycles. The highest BCUT2D eigenvalue weighted by atomic mass is 35.5. The number of halogens is 2. The first-order valence-electron chi connectivity index (χ1n) is 5.99. The average molecular weight is 300 g/mol. The van der Waals surface area contributed by atoms with Crippen molar-refractivity contribution in [1.29, 1.82) is 0 Å². The highest BCUT2D eigenvalue weighted by Gasteiger charge is 2.14. The molecule has 6 heteroatoms. The van der Waals surface area contributed by atoms with Crippen LogP contribution in [-0.2, 0) is 4.74 Å². The maximum absolute atomic E-state index is 13.3. The summed E-state index contributed by atoms with van der Waals surface area (Å²) in [7, 11) is 2.69. The molecule has 0 atom stereocenters. The Balaban J connectivity index is 0.000000956. The molecule has 2 rings (SSSR count). The van der Waals surface area contributed by atoms with Crippen molar-refractivity contribution >= 4 is 28.5 Å². The molecule has 1 aromatic heterocycles. The molecule has 0 unspecified atom stereocenters. The van der Waals surface area contributed by atoms with Gasteiger partial charge in [0.15, 0.2) is 11.0 Å². The Bertz CT molecular complexity index is 631. The first-order chi connectivity index (χ1) is 9.56. The number of aromatic nitrogens is 1. The normalized spacial score (nSPS) is 9.70. The number of carbonyl (C=O) groups excluding carboxylic acids is 1. The van der Waals surface area contributed by atoms with Gasteiger partial charge in [0.1, 0.15) is 11.3 Å². The molecule has 108 valence electrons. The van der Waals surface area contributed by atoms with E-state index in [-0.39, 0.29) is 10.7 Å². The molecule has 0 spiro atoms. The number of benzene rings is 1. The molecule has 0 radical (unpaired) electrons. The second-order valence-corrected chi connectivity index (χ2v) is 3.86. The van der Waals surface area contributed by atoms with Gasteiger partial charge in [0.05, 0.1) is 19.8 Å². The molecular weight excluding hydrogens is 285 g/mol. The van der Waals surface area contributed by atoms with E-state index in [2.05, 4.69) is 9.72 Å². The van der Waals surface area contributed by atoms with Crippen LogP contribution < -0.4 is 4.74 Å². The Morgan fingerprint density at radius 2 is 1.90 bits per heavy atom. The highest BCUT2D eigenvalue weighted by Crippen LogP contribution is 2.29. The van der Waals surface area contributed by atoms with Crippen molar-refractivity contribution < 1.29 is 18.7 Å². The van der Waals surface area contributed by atoms with Gasteiger partial charge in [-0.15, -0.1) is 0 Å². The predicted octanol–water partition coefficient (Wildman–Crippen LogP) is 3.85. The number of esters is 1. The molecule has 2 aromatic rings. The summed E-state index contributed by atoms with van der Waals surface area (Å²) >= 11 is 5.61. The zero-order chi connectivity index (χ0) is 15.3. The Morgan fingerprint density at radius 3 is 2.45 bits per heavy atom. The van der Waals surface area contributed by atoms with Crippen molar-refractivity contribution in [2.45, 2.75) is 13.8 Å². The van der Waals surface area contributed by atoms with Crippen LogP contribution in [0.5, 0.6) is 5.75 Å². The number of hydrogen-bond donors (Lipinski definition) is 0. The standard InChI is InChI=1S/C12H9ClFNO3.C2H6/c1-17-9-5-7(12(16)18-2)3-6-4-8(14)11(13)15-10(6)9;1-2/h3-5H,1-2H3;1-2H3. The number of ether oxygens (including phenoxy) is 2. The zero-order valence-electron chi connectivity index (χ0n) is 11.7. The van der Waals surface area contributed by atoms with Crippen molar-refractivity contribution in [3.8, 4) is 5.75 Å². The van der Waals surface area contributed by atoms with Gasteiger partial charge in [-0.2, -0.15) is 0 Å². The van der Waals surface area contributed by atoms with E-state index in [0.717, 1.165) is 0 Å². The number of fused-ring (bicyclic) bond motifs is 1. The zero-order valence-corrected chi connectivity index (χ0v) is 12.4. The molecule has 0 aliphatic rings. The largest absolute Gasteiger partial charge is 0.494 e. The number of hydrogen-bond acceptors (Lipinski definition) is 4. The van der Waals surface area contributed by atoms with Gasteiger partial charge >= 0.3 is 5.97 Å². The van der Waals surface area contributed by atoms with Crippen molar-refractivity contribution in [3.63, 3.8) is 0 Å². The van der Waals surface area contributed by atoms with Gasteiger partial charge in [-0.3, -0.25) is 0 Å². The highest BCUT2D eigenvalue weighted by molar-refractivity contribution is 6.30. The maximum atomic E-state index is 13.3. The van der Waals surface area contributed by atoms with Crippen LogP contribution >= 0.6 is 11.6 Å². The fraction of sp³-hybridized carbons (Fsp3) is 0.286. The minimum Gasteiger partial charge on any atom is -0.494 e. The SMILES string of the molecule is CC.COC(=O)c1cc(OC)c2nc(Cl)c(F)cc2c1. The van der Waals surface area contributed by atoms with Crippen LogP contribution in [0.3, 0.4) is 0 Å². The molecule has 0 N–H and O–H groups in total. The van der Waals surface area contributed by atoms with E-state index in [1.807, 2.05) is 13.8 Å². The van der Waals surface area contributed by atoms with Crippen LogP contribution in [0.25, 0.3) is 10.9 Å². The molecule has 0 saturated carbocycles.